The highest BCUT2D eigenvalue weighted by molar-refractivity contribution is 6.31. The van der Waals surface area contributed by atoms with Gasteiger partial charge in [-0.1, -0.05) is 43.6 Å². The van der Waals surface area contributed by atoms with Crippen LogP contribution in [-0.4, -0.2) is 38.8 Å². The Morgan fingerprint density at radius 3 is 2.57 bits per heavy atom. The molecule has 0 spiro atoms. The number of hydrogen-bond donors (Lipinski definition) is 2. The van der Waals surface area contributed by atoms with Crippen molar-refractivity contribution >= 4 is 17.5 Å². The summed E-state index contributed by atoms with van der Waals surface area (Å²) in [5, 5.41) is 21.5. The second-order valence-electron chi connectivity index (χ2n) is 6.62. The van der Waals surface area contributed by atoms with Crippen LogP contribution in [0, 0.1) is 5.41 Å². The molecule has 1 heterocycles. The van der Waals surface area contributed by atoms with E-state index in [1.807, 2.05) is 32.0 Å². The molecule has 21 heavy (non-hydrogen) atoms. The fraction of sp³-hybridized carbons (Fsp3) is 0.562. The molecule has 1 saturated carbocycles. The van der Waals surface area contributed by atoms with Gasteiger partial charge in [-0.2, -0.15) is 0 Å². The maximum absolute atomic E-state index is 12.2. The van der Waals surface area contributed by atoms with Crippen LogP contribution >= 0.6 is 11.6 Å². The lowest BCUT2D eigenvalue weighted by Gasteiger charge is -2.31. The van der Waals surface area contributed by atoms with Gasteiger partial charge in [0.15, 0.2) is 0 Å². The third-order valence-corrected chi connectivity index (χ3v) is 5.55. The van der Waals surface area contributed by atoms with Crippen LogP contribution in [-0.2, 0) is 11.3 Å². The number of nitrogens with zero attached hydrogens (tertiary/aromatic N) is 1. The highest BCUT2D eigenvalue weighted by Gasteiger charge is 2.75. The van der Waals surface area contributed by atoms with Crippen molar-refractivity contribution in [2.24, 2.45) is 5.41 Å². The molecule has 3 atom stereocenters. The lowest BCUT2D eigenvalue weighted by molar-refractivity contribution is -0.132. The molecule has 3 rings (SSSR count). The molecule has 1 aromatic carbocycles. The van der Waals surface area contributed by atoms with Crippen LogP contribution in [0.15, 0.2) is 24.3 Å². The maximum Gasteiger partial charge on any atom is 0.223 e. The molecule has 2 fully saturated rings. The zero-order chi connectivity index (χ0) is 15.4. The van der Waals surface area contributed by atoms with E-state index in [4.69, 9.17) is 11.6 Å². The van der Waals surface area contributed by atoms with Crippen molar-refractivity contribution in [3.63, 3.8) is 0 Å². The van der Waals surface area contributed by atoms with Crippen LogP contribution in [0.3, 0.4) is 0 Å². The Balaban J connectivity index is 1.87. The van der Waals surface area contributed by atoms with Gasteiger partial charge in [0.2, 0.25) is 5.91 Å². The summed E-state index contributed by atoms with van der Waals surface area (Å²) in [6, 6.07) is 7.03. The summed E-state index contributed by atoms with van der Waals surface area (Å²) in [5.41, 5.74) is -0.947. The number of aliphatic hydroxyl groups is 2. The van der Waals surface area contributed by atoms with E-state index in [-0.39, 0.29) is 11.9 Å². The van der Waals surface area contributed by atoms with E-state index in [0.717, 1.165) is 5.56 Å². The normalized spacial score (nSPS) is 34.3. The number of rotatable bonds is 3. The number of likely N-dealkylation sites (tertiary alicyclic amines) is 1. The number of carbonyl (C=O) groups is 1. The number of carbonyl (C=O) groups excluding carboxylic acids is 1. The van der Waals surface area contributed by atoms with E-state index in [2.05, 4.69) is 0 Å². The first kappa shape index (κ1) is 14.8. The van der Waals surface area contributed by atoms with Gasteiger partial charge >= 0.3 is 0 Å². The molecule has 4 nitrogen and oxygen atoms in total. The minimum atomic E-state index is -1.22. The van der Waals surface area contributed by atoms with E-state index in [1.54, 1.807) is 11.0 Å². The van der Waals surface area contributed by atoms with Crippen molar-refractivity contribution in [3.8, 4) is 0 Å². The minimum absolute atomic E-state index is 0.00300. The number of halogens is 1. The third kappa shape index (κ3) is 2.00. The summed E-state index contributed by atoms with van der Waals surface area (Å²) in [6.45, 7) is 4.02. The van der Waals surface area contributed by atoms with Crippen molar-refractivity contribution in [3.05, 3.63) is 34.9 Å². The quantitative estimate of drug-likeness (QED) is 0.897. The second-order valence-corrected chi connectivity index (χ2v) is 7.02. The topological polar surface area (TPSA) is 60.8 Å². The zero-order valence-corrected chi connectivity index (χ0v) is 13.0. The molecular formula is C16H20ClNO3. The standard InChI is InChI=1S/C16H20ClNO3/c1-15(2)14(20)16(15,21)12-7-8-13(19)18(12)9-10-5-3-4-6-11(10)17/h3-6,12,14,20-21H,7-9H2,1-2H3/t12-,14?,16-/m1/s1. The molecule has 5 heteroatoms. The predicted octanol–water partition coefficient (Wildman–Crippen LogP) is 1.96. The van der Waals surface area contributed by atoms with Crippen LogP contribution < -0.4 is 0 Å². The molecule has 1 saturated heterocycles. The molecule has 2 aliphatic rings. The van der Waals surface area contributed by atoms with E-state index in [9.17, 15) is 15.0 Å². The third-order valence-electron chi connectivity index (χ3n) is 5.18. The zero-order valence-electron chi connectivity index (χ0n) is 12.2. The van der Waals surface area contributed by atoms with Crippen molar-refractivity contribution in [1.82, 2.24) is 4.90 Å². The Labute approximate surface area is 129 Å². The number of hydrogen-bond acceptors (Lipinski definition) is 3. The van der Waals surface area contributed by atoms with E-state index >= 15 is 0 Å². The van der Waals surface area contributed by atoms with Gasteiger partial charge in [0, 0.05) is 23.4 Å². The summed E-state index contributed by atoms with van der Waals surface area (Å²) < 4.78 is 0. The highest BCUT2D eigenvalue weighted by Crippen LogP contribution is 2.60. The molecule has 114 valence electrons. The van der Waals surface area contributed by atoms with Crippen LogP contribution in [0.4, 0.5) is 0 Å². The first-order valence-corrected chi connectivity index (χ1v) is 7.61. The Morgan fingerprint density at radius 1 is 1.38 bits per heavy atom. The van der Waals surface area contributed by atoms with E-state index < -0.39 is 17.1 Å². The fourth-order valence-electron chi connectivity index (χ4n) is 3.56. The second kappa shape index (κ2) is 4.70. The number of benzene rings is 1. The molecule has 1 aliphatic heterocycles. The molecule has 0 bridgehead atoms. The largest absolute Gasteiger partial charge is 0.389 e. The van der Waals surface area contributed by atoms with Gasteiger partial charge in [-0.25, -0.2) is 0 Å². The lowest BCUT2D eigenvalue weighted by Crippen LogP contribution is -2.45. The van der Waals surface area contributed by atoms with Crippen LogP contribution in [0.5, 0.6) is 0 Å². The molecule has 0 aromatic heterocycles. The van der Waals surface area contributed by atoms with Gasteiger partial charge in [0.25, 0.3) is 0 Å². The van der Waals surface area contributed by atoms with Gasteiger partial charge in [-0.15, -0.1) is 0 Å². The van der Waals surface area contributed by atoms with Crippen LogP contribution in [0.2, 0.25) is 5.02 Å². The van der Waals surface area contributed by atoms with Crippen molar-refractivity contribution in [2.45, 2.75) is 51.0 Å². The number of aliphatic hydroxyl groups excluding tert-OH is 1. The minimum Gasteiger partial charge on any atom is -0.389 e. The maximum atomic E-state index is 12.2. The van der Waals surface area contributed by atoms with E-state index in [1.165, 1.54) is 0 Å². The molecule has 1 aliphatic carbocycles. The van der Waals surface area contributed by atoms with Crippen molar-refractivity contribution in [1.29, 1.82) is 0 Å². The monoisotopic (exact) mass is 309 g/mol. The molecule has 1 unspecified atom stereocenters. The summed E-state index contributed by atoms with van der Waals surface area (Å²) in [5.74, 6) is 0.00300. The van der Waals surface area contributed by atoms with Gasteiger partial charge in [0.1, 0.15) is 5.60 Å². The van der Waals surface area contributed by atoms with Crippen LogP contribution in [0.25, 0.3) is 0 Å². The molecular weight excluding hydrogens is 290 g/mol. The highest BCUT2D eigenvalue weighted by atomic mass is 35.5. The van der Waals surface area contributed by atoms with Crippen molar-refractivity contribution < 1.29 is 15.0 Å². The fourth-order valence-corrected chi connectivity index (χ4v) is 3.75. The molecule has 1 amide bonds. The Bertz CT molecular complexity index is 589. The van der Waals surface area contributed by atoms with Gasteiger partial charge < -0.3 is 15.1 Å². The SMILES string of the molecule is CC1(C)C(O)[C@]1(O)[C@H]1CCC(=O)N1Cc1ccccc1Cl. The predicted molar refractivity (Wildman–Crippen MR) is 79.8 cm³/mol. The molecule has 2 N–H and O–H groups in total. The van der Waals surface area contributed by atoms with Crippen molar-refractivity contribution in [2.75, 3.05) is 0 Å². The van der Waals surface area contributed by atoms with Gasteiger partial charge in [0.05, 0.1) is 12.1 Å². The smallest absolute Gasteiger partial charge is 0.223 e. The van der Waals surface area contributed by atoms with Gasteiger partial charge in [-0.05, 0) is 18.1 Å². The average Bonchev–Trinajstić information content (AvgIpc) is 2.75. The van der Waals surface area contributed by atoms with Crippen LogP contribution in [0.1, 0.15) is 32.3 Å². The Hall–Kier alpha value is -1.10. The summed E-state index contributed by atoms with van der Waals surface area (Å²) in [4.78, 5) is 13.8. The first-order chi connectivity index (χ1) is 9.80. The average molecular weight is 310 g/mol. The summed E-state index contributed by atoms with van der Waals surface area (Å²) >= 11 is 6.16. The summed E-state index contributed by atoms with van der Waals surface area (Å²) in [6.07, 6.45) is 0.176. The van der Waals surface area contributed by atoms with Gasteiger partial charge in [-0.3, -0.25) is 4.79 Å². The molecule has 0 radical (unpaired) electrons. The lowest BCUT2D eigenvalue weighted by atomic mass is 9.97. The Morgan fingerprint density at radius 2 is 2.00 bits per heavy atom. The summed E-state index contributed by atoms with van der Waals surface area (Å²) in [7, 11) is 0. The van der Waals surface area contributed by atoms with E-state index in [0.29, 0.717) is 24.4 Å². The Kier molecular flexibility index (Phi) is 3.32. The first-order valence-electron chi connectivity index (χ1n) is 7.23. The number of amides is 1. The molecule has 1 aromatic rings.